The largest absolute Gasteiger partial charge is 0.340 e. The summed E-state index contributed by atoms with van der Waals surface area (Å²) in [6.45, 7) is 4.94. The lowest BCUT2D eigenvalue weighted by Crippen LogP contribution is -2.55. The molecule has 25 heavy (non-hydrogen) atoms. The molecule has 9 heteroatoms. The molecule has 2 aliphatic heterocycles. The minimum atomic E-state index is -2.99. The van der Waals surface area contributed by atoms with Crippen molar-refractivity contribution in [1.82, 2.24) is 19.8 Å². The molecule has 0 spiro atoms. The van der Waals surface area contributed by atoms with E-state index in [9.17, 15) is 13.2 Å². The summed E-state index contributed by atoms with van der Waals surface area (Å²) in [5.74, 6) is 0.974. The minimum absolute atomic E-state index is 0.00786. The van der Waals surface area contributed by atoms with Crippen molar-refractivity contribution in [3.05, 3.63) is 18.5 Å². The van der Waals surface area contributed by atoms with Crippen molar-refractivity contribution in [3.8, 4) is 0 Å². The molecule has 0 bridgehead atoms. The summed E-state index contributed by atoms with van der Waals surface area (Å²) in [4.78, 5) is 27.2. The highest BCUT2D eigenvalue weighted by atomic mass is 32.2. The predicted molar refractivity (Wildman–Crippen MR) is 95.1 cm³/mol. The Morgan fingerprint density at radius 2 is 1.88 bits per heavy atom. The van der Waals surface area contributed by atoms with Crippen LogP contribution in [-0.4, -0.2) is 90.9 Å². The van der Waals surface area contributed by atoms with Crippen LogP contribution in [0.4, 0.5) is 5.95 Å². The Kier molecular flexibility index (Phi) is 5.24. The third-order valence-electron chi connectivity index (χ3n) is 5.16. The van der Waals surface area contributed by atoms with Crippen LogP contribution in [0.1, 0.15) is 13.3 Å². The first-order chi connectivity index (χ1) is 11.9. The van der Waals surface area contributed by atoms with Gasteiger partial charge in [-0.3, -0.25) is 9.69 Å². The first kappa shape index (κ1) is 18.1. The number of amides is 1. The van der Waals surface area contributed by atoms with E-state index in [0.717, 1.165) is 32.1 Å². The first-order valence-corrected chi connectivity index (χ1v) is 10.4. The van der Waals surface area contributed by atoms with Gasteiger partial charge in [-0.15, -0.1) is 0 Å². The molecule has 2 aliphatic rings. The quantitative estimate of drug-likeness (QED) is 0.718. The van der Waals surface area contributed by atoms with Crippen LogP contribution in [0.3, 0.4) is 0 Å². The molecule has 0 saturated carbocycles. The minimum Gasteiger partial charge on any atom is -0.340 e. The number of piperazine rings is 1. The van der Waals surface area contributed by atoms with E-state index in [1.54, 1.807) is 30.4 Å². The molecule has 0 radical (unpaired) electrons. The van der Waals surface area contributed by atoms with Gasteiger partial charge in [-0.1, -0.05) is 0 Å². The van der Waals surface area contributed by atoms with E-state index in [4.69, 9.17) is 0 Å². The van der Waals surface area contributed by atoms with Crippen LogP contribution < -0.4 is 4.90 Å². The van der Waals surface area contributed by atoms with Crippen molar-refractivity contribution in [2.24, 2.45) is 0 Å². The van der Waals surface area contributed by atoms with E-state index in [1.165, 1.54) is 0 Å². The van der Waals surface area contributed by atoms with Gasteiger partial charge < -0.3 is 9.80 Å². The molecule has 1 aromatic rings. The van der Waals surface area contributed by atoms with Gasteiger partial charge in [0.2, 0.25) is 11.9 Å². The molecule has 2 atom stereocenters. The number of hydrogen-bond donors (Lipinski definition) is 0. The van der Waals surface area contributed by atoms with Crippen molar-refractivity contribution in [3.63, 3.8) is 0 Å². The van der Waals surface area contributed by atoms with Gasteiger partial charge in [-0.25, -0.2) is 18.4 Å². The topological polar surface area (TPSA) is 86.7 Å². The monoisotopic (exact) mass is 367 g/mol. The van der Waals surface area contributed by atoms with Crippen LogP contribution in [0.25, 0.3) is 0 Å². The van der Waals surface area contributed by atoms with E-state index in [1.807, 2.05) is 6.92 Å². The summed E-state index contributed by atoms with van der Waals surface area (Å²) in [6, 6.07) is 1.34. The van der Waals surface area contributed by atoms with Crippen LogP contribution in [0.2, 0.25) is 0 Å². The Balaban J connectivity index is 1.55. The molecule has 138 valence electrons. The van der Waals surface area contributed by atoms with E-state index in [0.29, 0.717) is 6.42 Å². The summed E-state index contributed by atoms with van der Waals surface area (Å²) in [5.41, 5.74) is 0. The molecule has 0 aliphatic carbocycles. The van der Waals surface area contributed by atoms with Crippen LogP contribution in [0.5, 0.6) is 0 Å². The maximum Gasteiger partial charge on any atom is 0.239 e. The normalized spacial score (nSPS) is 24.9. The number of nitrogens with zero attached hydrogens (tertiary/aromatic N) is 5. The molecular weight excluding hydrogens is 342 g/mol. The predicted octanol–water partition coefficient (Wildman–Crippen LogP) is -0.367. The number of aromatic nitrogens is 2. The van der Waals surface area contributed by atoms with Gasteiger partial charge >= 0.3 is 0 Å². The van der Waals surface area contributed by atoms with Gasteiger partial charge in [-0.2, -0.15) is 0 Å². The molecule has 1 aromatic heterocycles. The molecule has 1 amide bonds. The third kappa shape index (κ3) is 4.09. The summed E-state index contributed by atoms with van der Waals surface area (Å²) in [7, 11) is -1.27. The second-order valence-corrected chi connectivity index (χ2v) is 8.98. The maximum absolute atomic E-state index is 12.7. The highest BCUT2D eigenvalue weighted by Gasteiger charge is 2.36. The van der Waals surface area contributed by atoms with E-state index in [-0.39, 0.29) is 29.5 Å². The number of rotatable bonds is 4. The summed E-state index contributed by atoms with van der Waals surface area (Å²) < 4.78 is 23.3. The molecule has 2 fully saturated rings. The van der Waals surface area contributed by atoms with Crippen molar-refractivity contribution in [2.75, 3.05) is 49.6 Å². The highest BCUT2D eigenvalue weighted by molar-refractivity contribution is 7.91. The summed E-state index contributed by atoms with van der Waals surface area (Å²) in [5, 5.41) is 0. The Morgan fingerprint density at radius 1 is 1.24 bits per heavy atom. The van der Waals surface area contributed by atoms with Gasteiger partial charge in [0.25, 0.3) is 0 Å². The first-order valence-electron chi connectivity index (χ1n) is 8.60. The fourth-order valence-corrected chi connectivity index (χ4v) is 5.25. The number of sulfone groups is 1. The van der Waals surface area contributed by atoms with E-state index < -0.39 is 9.84 Å². The zero-order valence-electron chi connectivity index (χ0n) is 14.7. The van der Waals surface area contributed by atoms with Crippen molar-refractivity contribution in [2.45, 2.75) is 25.4 Å². The number of hydrogen-bond acceptors (Lipinski definition) is 7. The van der Waals surface area contributed by atoms with E-state index in [2.05, 4.69) is 19.8 Å². The molecule has 0 N–H and O–H groups in total. The third-order valence-corrected chi connectivity index (χ3v) is 6.91. The number of likely N-dealkylation sites (N-methyl/N-ethyl adjacent to an activating group) is 1. The lowest BCUT2D eigenvalue weighted by Gasteiger charge is -2.39. The maximum atomic E-state index is 12.7. The van der Waals surface area contributed by atoms with Gasteiger partial charge in [0, 0.05) is 51.7 Å². The highest BCUT2D eigenvalue weighted by Crippen LogP contribution is 2.19. The second-order valence-electron chi connectivity index (χ2n) is 6.75. The Morgan fingerprint density at radius 3 is 2.44 bits per heavy atom. The Hall–Kier alpha value is -1.74. The van der Waals surface area contributed by atoms with Gasteiger partial charge in [0.05, 0.1) is 17.5 Å². The molecule has 0 unspecified atom stereocenters. The van der Waals surface area contributed by atoms with Crippen LogP contribution in [0, 0.1) is 0 Å². The van der Waals surface area contributed by atoms with Crippen molar-refractivity contribution >= 4 is 21.7 Å². The fraction of sp³-hybridized carbons (Fsp3) is 0.688. The van der Waals surface area contributed by atoms with E-state index >= 15 is 0 Å². The smallest absolute Gasteiger partial charge is 0.239 e. The average molecular weight is 367 g/mol. The number of carbonyl (C=O) groups excluding carboxylic acids is 1. The molecule has 3 rings (SSSR count). The molecular formula is C16H25N5O3S. The van der Waals surface area contributed by atoms with Crippen LogP contribution in [-0.2, 0) is 14.6 Å². The van der Waals surface area contributed by atoms with Gasteiger partial charge in [-0.05, 0) is 19.4 Å². The fourth-order valence-electron chi connectivity index (χ4n) is 3.48. The lowest BCUT2D eigenvalue weighted by atomic mass is 10.1. The Bertz CT molecular complexity index is 704. The van der Waals surface area contributed by atoms with Crippen LogP contribution in [0.15, 0.2) is 18.5 Å². The molecule has 0 aromatic carbocycles. The average Bonchev–Trinajstić information content (AvgIpc) is 3.00. The second kappa shape index (κ2) is 7.25. The van der Waals surface area contributed by atoms with Crippen molar-refractivity contribution < 1.29 is 13.2 Å². The SMILES string of the molecule is C[C@@H](C(=O)N(C)[C@@H]1CCS(=O)(=O)C1)N1CCN(c2ncccn2)CC1. The Labute approximate surface area is 148 Å². The molecule has 2 saturated heterocycles. The number of anilines is 1. The zero-order chi connectivity index (χ0) is 18.0. The summed E-state index contributed by atoms with van der Waals surface area (Å²) >= 11 is 0. The summed E-state index contributed by atoms with van der Waals surface area (Å²) in [6.07, 6.45) is 3.99. The van der Waals surface area contributed by atoms with Gasteiger partial charge in [0.1, 0.15) is 0 Å². The van der Waals surface area contributed by atoms with Crippen molar-refractivity contribution in [1.29, 1.82) is 0 Å². The zero-order valence-corrected chi connectivity index (χ0v) is 15.5. The number of carbonyl (C=O) groups is 1. The van der Waals surface area contributed by atoms with Gasteiger partial charge in [0.15, 0.2) is 9.84 Å². The standard InChI is InChI=1S/C16H25N5O3S/c1-13(15(22)19(2)14-4-11-25(23,24)12-14)20-7-9-21(10-8-20)16-17-5-3-6-18-16/h3,5-6,13-14H,4,7-12H2,1-2H3/t13-,14+/m0/s1. The van der Waals surface area contributed by atoms with Crippen LogP contribution >= 0.6 is 0 Å². The molecule has 3 heterocycles. The molecule has 8 nitrogen and oxygen atoms in total. The lowest BCUT2D eigenvalue weighted by molar-refractivity contribution is -0.136.